The van der Waals surface area contributed by atoms with Crippen LogP contribution in [0.2, 0.25) is 0 Å². The number of nitrogens with zero attached hydrogens (tertiary/aromatic N) is 4. The molecule has 0 radical (unpaired) electrons. The Morgan fingerprint density at radius 3 is 2.38 bits per heavy atom. The van der Waals surface area contributed by atoms with Crippen molar-refractivity contribution in [1.82, 2.24) is 25.4 Å². The van der Waals surface area contributed by atoms with E-state index in [9.17, 15) is 14.7 Å². The summed E-state index contributed by atoms with van der Waals surface area (Å²) in [6, 6.07) is -0.165. The second-order valence-electron chi connectivity index (χ2n) is 8.79. The zero-order chi connectivity index (χ0) is 23.0. The first kappa shape index (κ1) is 22.5. The van der Waals surface area contributed by atoms with Crippen LogP contribution in [-0.2, 0) is 11.2 Å². The maximum Gasteiger partial charge on any atom is 0.276 e. The average Bonchev–Trinajstić information content (AvgIpc) is 3.46. The number of carbonyl (C=O) groups excluding carboxylic acids is 2. The number of aromatic nitrogens is 2. The van der Waals surface area contributed by atoms with Crippen LogP contribution in [0.25, 0.3) is 0 Å². The average molecular weight is 446 g/mol. The lowest BCUT2D eigenvalue weighted by atomic mass is 9.99. The van der Waals surface area contributed by atoms with Crippen molar-refractivity contribution in [2.75, 3.05) is 26.7 Å². The van der Waals surface area contributed by atoms with Crippen molar-refractivity contribution in [2.24, 2.45) is 0 Å². The van der Waals surface area contributed by atoms with Gasteiger partial charge in [0.15, 0.2) is 5.69 Å². The summed E-state index contributed by atoms with van der Waals surface area (Å²) >= 11 is 0. The number of likely N-dealkylation sites (tertiary alicyclic amines) is 2. The summed E-state index contributed by atoms with van der Waals surface area (Å²) < 4.78 is 10.6. The molecule has 2 aliphatic heterocycles. The standard InChI is InChI=1S/C22H31N5O5/c1-12-17(13(2)31-24-12)10-18-14(3)32-25-20(18)22(30)26-7-5-15(6-8-26)27-11-16(28)9-19(27)21(29)23-4/h15-16,19,28H,5-11H2,1-4H3,(H,23,29)/t16-,19+/m1/s1. The Morgan fingerprint density at radius 2 is 1.75 bits per heavy atom. The molecule has 0 spiro atoms. The van der Waals surface area contributed by atoms with Gasteiger partial charge in [0.05, 0.1) is 17.8 Å². The molecule has 10 nitrogen and oxygen atoms in total. The van der Waals surface area contributed by atoms with Gasteiger partial charge in [0, 0.05) is 50.3 Å². The molecule has 10 heteroatoms. The van der Waals surface area contributed by atoms with Gasteiger partial charge in [-0.2, -0.15) is 0 Å². The van der Waals surface area contributed by atoms with Crippen LogP contribution in [0.3, 0.4) is 0 Å². The lowest BCUT2D eigenvalue weighted by Crippen LogP contribution is -2.51. The smallest absolute Gasteiger partial charge is 0.276 e. The lowest BCUT2D eigenvalue weighted by molar-refractivity contribution is -0.126. The van der Waals surface area contributed by atoms with Gasteiger partial charge >= 0.3 is 0 Å². The summed E-state index contributed by atoms with van der Waals surface area (Å²) in [5.74, 6) is 1.12. The fourth-order valence-electron chi connectivity index (χ4n) is 4.91. The molecule has 32 heavy (non-hydrogen) atoms. The van der Waals surface area contributed by atoms with Crippen LogP contribution >= 0.6 is 0 Å². The topological polar surface area (TPSA) is 125 Å². The number of aliphatic hydroxyl groups excluding tert-OH is 1. The number of nitrogens with one attached hydrogen (secondary N) is 1. The molecule has 2 saturated heterocycles. The maximum atomic E-state index is 13.3. The van der Waals surface area contributed by atoms with E-state index in [1.165, 1.54) is 0 Å². The summed E-state index contributed by atoms with van der Waals surface area (Å²) in [5, 5.41) is 20.9. The summed E-state index contributed by atoms with van der Waals surface area (Å²) in [7, 11) is 1.62. The number of β-amino-alcohol motifs (C(OH)–C–C–N with tert-alkyl or cyclic N) is 1. The van der Waals surface area contributed by atoms with Crippen molar-refractivity contribution in [3.8, 4) is 0 Å². The summed E-state index contributed by atoms with van der Waals surface area (Å²) in [6.07, 6.45) is 1.90. The van der Waals surface area contributed by atoms with Gasteiger partial charge in [-0.05, 0) is 40.0 Å². The predicted octanol–water partition coefficient (Wildman–Crippen LogP) is 0.964. The van der Waals surface area contributed by atoms with Crippen LogP contribution in [0.15, 0.2) is 9.05 Å². The summed E-state index contributed by atoms with van der Waals surface area (Å²) in [5.41, 5.74) is 2.83. The number of rotatable bonds is 5. The molecule has 4 rings (SSSR count). The highest BCUT2D eigenvalue weighted by molar-refractivity contribution is 5.94. The quantitative estimate of drug-likeness (QED) is 0.697. The first-order chi connectivity index (χ1) is 15.3. The van der Waals surface area contributed by atoms with Gasteiger partial charge in [0.2, 0.25) is 5.91 Å². The van der Waals surface area contributed by atoms with Gasteiger partial charge in [0.1, 0.15) is 11.5 Å². The first-order valence-electron chi connectivity index (χ1n) is 11.1. The third kappa shape index (κ3) is 4.16. The Bertz CT molecular complexity index is 971. The Balaban J connectivity index is 1.44. The number of hydrogen-bond donors (Lipinski definition) is 2. The van der Waals surface area contributed by atoms with Crippen LogP contribution < -0.4 is 5.32 Å². The lowest BCUT2D eigenvalue weighted by Gasteiger charge is -2.38. The highest BCUT2D eigenvalue weighted by Gasteiger charge is 2.41. The minimum absolute atomic E-state index is 0.0675. The Labute approximate surface area is 186 Å². The van der Waals surface area contributed by atoms with E-state index in [1.54, 1.807) is 18.9 Å². The van der Waals surface area contributed by atoms with Gasteiger partial charge in [-0.3, -0.25) is 14.5 Å². The van der Waals surface area contributed by atoms with Crippen molar-refractivity contribution >= 4 is 11.8 Å². The van der Waals surface area contributed by atoms with E-state index < -0.39 is 6.10 Å². The normalized spacial score (nSPS) is 22.5. The number of hydrogen-bond acceptors (Lipinski definition) is 8. The zero-order valence-corrected chi connectivity index (χ0v) is 19.1. The van der Waals surface area contributed by atoms with Crippen LogP contribution in [-0.4, -0.2) is 81.9 Å². The number of piperidine rings is 1. The Kier molecular flexibility index (Phi) is 6.34. The molecule has 2 aromatic rings. The van der Waals surface area contributed by atoms with Crippen molar-refractivity contribution in [3.05, 3.63) is 34.0 Å². The third-order valence-corrected chi connectivity index (χ3v) is 6.81. The molecule has 2 aromatic heterocycles. The van der Waals surface area contributed by atoms with E-state index in [0.717, 1.165) is 35.4 Å². The van der Waals surface area contributed by atoms with Crippen LogP contribution in [0.1, 0.15) is 58.1 Å². The van der Waals surface area contributed by atoms with Crippen molar-refractivity contribution in [1.29, 1.82) is 0 Å². The number of carbonyl (C=O) groups is 2. The van der Waals surface area contributed by atoms with Gasteiger partial charge in [-0.1, -0.05) is 10.3 Å². The van der Waals surface area contributed by atoms with E-state index in [4.69, 9.17) is 9.05 Å². The molecule has 0 saturated carbocycles. The van der Waals surface area contributed by atoms with E-state index in [0.29, 0.717) is 43.9 Å². The van der Waals surface area contributed by atoms with Crippen LogP contribution in [0.4, 0.5) is 0 Å². The second-order valence-corrected chi connectivity index (χ2v) is 8.79. The Hall–Kier alpha value is -2.72. The highest BCUT2D eigenvalue weighted by atomic mass is 16.5. The number of amides is 2. The van der Waals surface area contributed by atoms with Gasteiger partial charge in [-0.15, -0.1) is 0 Å². The minimum Gasteiger partial charge on any atom is -0.392 e. The molecule has 4 heterocycles. The fraction of sp³-hybridized carbons (Fsp3) is 0.636. The summed E-state index contributed by atoms with van der Waals surface area (Å²) in [4.78, 5) is 29.4. The molecule has 0 aromatic carbocycles. The fourth-order valence-corrected chi connectivity index (χ4v) is 4.91. The van der Waals surface area contributed by atoms with Crippen LogP contribution in [0.5, 0.6) is 0 Å². The molecule has 174 valence electrons. The van der Waals surface area contributed by atoms with E-state index in [-0.39, 0.29) is 23.9 Å². The zero-order valence-electron chi connectivity index (χ0n) is 19.1. The third-order valence-electron chi connectivity index (χ3n) is 6.81. The van der Waals surface area contributed by atoms with Crippen molar-refractivity contribution < 1.29 is 23.7 Å². The van der Waals surface area contributed by atoms with Gasteiger partial charge < -0.3 is 24.4 Å². The van der Waals surface area contributed by atoms with Crippen molar-refractivity contribution in [3.63, 3.8) is 0 Å². The molecule has 0 aliphatic carbocycles. The second kappa shape index (κ2) is 9.03. The summed E-state index contributed by atoms with van der Waals surface area (Å²) in [6.45, 7) is 7.15. The minimum atomic E-state index is -0.498. The molecular weight excluding hydrogens is 414 g/mol. The predicted molar refractivity (Wildman–Crippen MR) is 114 cm³/mol. The molecule has 2 N–H and O–H groups in total. The molecule has 2 aliphatic rings. The SMILES string of the molecule is CNC(=O)[C@@H]1C[C@@H](O)CN1C1CCN(C(=O)c2noc(C)c2Cc2c(C)noc2C)CC1. The van der Waals surface area contributed by atoms with Crippen LogP contribution in [0, 0.1) is 20.8 Å². The molecule has 2 atom stereocenters. The van der Waals surface area contributed by atoms with Gasteiger partial charge in [-0.25, -0.2) is 0 Å². The molecule has 0 bridgehead atoms. The van der Waals surface area contributed by atoms with Crippen molar-refractivity contribution in [2.45, 2.75) is 64.6 Å². The number of aryl methyl sites for hydroxylation is 3. The maximum absolute atomic E-state index is 13.3. The van der Waals surface area contributed by atoms with E-state index in [1.807, 2.05) is 13.8 Å². The molecule has 2 amide bonds. The monoisotopic (exact) mass is 445 g/mol. The number of aliphatic hydroxyl groups is 1. The van der Waals surface area contributed by atoms with E-state index in [2.05, 4.69) is 20.5 Å². The highest BCUT2D eigenvalue weighted by Crippen LogP contribution is 2.28. The largest absolute Gasteiger partial charge is 0.392 e. The first-order valence-corrected chi connectivity index (χ1v) is 11.1. The van der Waals surface area contributed by atoms with E-state index >= 15 is 0 Å². The Morgan fingerprint density at radius 1 is 1.09 bits per heavy atom. The molecule has 2 fully saturated rings. The molecule has 0 unspecified atom stereocenters. The van der Waals surface area contributed by atoms with Gasteiger partial charge in [0.25, 0.3) is 5.91 Å². The number of likely N-dealkylation sites (N-methyl/N-ethyl adjacent to an activating group) is 1. The molecular formula is C22H31N5O5.